The molecular formula is C7H15NO2. The summed E-state index contributed by atoms with van der Waals surface area (Å²) in [6.07, 6.45) is 0.380. The Hall–Kier alpha value is -0.410. The number of aliphatic hydroxyl groups is 1. The number of hydrogen-bond donors (Lipinski definition) is 2. The smallest absolute Gasteiger partial charge is 0.152 e. The highest BCUT2D eigenvalue weighted by atomic mass is 16.3. The number of carbonyl (C=O) groups excluding carboxylic acids is 1. The zero-order valence-corrected chi connectivity index (χ0v) is 6.72. The summed E-state index contributed by atoms with van der Waals surface area (Å²) in [6, 6.07) is -0.752. The third-order valence-corrected chi connectivity index (χ3v) is 1.46. The van der Waals surface area contributed by atoms with Crippen molar-refractivity contribution in [1.82, 2.24) is 0 Å². The first kappa shape index (κ1) is 9.59. The van der Waals surface area contributed by atoms with Gasteiger partial charge in [0.25, 0.3) is 0 Å². The van der Waals surface area contributed by atoms with E-state index in [9.17, 15) is 9.90 Å². The van der Waals surface area contributed by atoms with Crippen LogP contribution in [0.5, 0.6) is 0 Å². The second-order valence-corrected chi connectivity index (χ2v) is 2.95. The summed E-state index contributed by atoms with van der Waals surface area (Å²) in [7, 11) is 0. The van der Waals surface area contributed by atoms with E-state index in [2.05, 4.69) is 0 Å². The van der Waals surface area contributed by atoms with E-state index in [1.54, 1.807) is 6.92 Å². The van der Waals surface area contributed by atoms with Crippen LogP contribution in [0.3, 0.4) is 0 Å². The van der Waals surface area contributed by atoms with Gasteiger partial charge in [-0.25, -0.2) is 0 Å². The van der Waals surface area contributed by atoms with Gasteiger partial charge in [0.05, 0.1) is 11.6 Å². The highest BCUT2D eigenvalue weighted by Gasteiger charge is 2.27. The standard InChI is InChI=1S/C7H15NO2/c1-4-5(9)6(8)7(2,3)10/h6,10H,4,8H2,1-3H3/t6-/m0/s1. The van der Waals surface area contributed by atoms with Crippen LogP contribution in [0.4, 0.5) is 0 Å². The molecule has 3 nitrogen and oxygen atoms in total. The maximum atomic E-state index is 10.9. The van der Waals surface area contributed by atoms with Crippen LogP contribution in [0, 0.1) is 0 Å². The van der Waals surface area contributed by atoms with Crippen molar-refractivity contribution in [1.29, 1.82) is 0 Å². The largest absolute Gasteiger partial charge is 0.388 e. The molecule has 0 aromatic heterocycles. The van der Waals surface area contributed by atoms with Gasteiger partial charge in [-0.15, -0.1) is 0 Å². The van der Waals surface area contributed by atoms with Gasteiger partial charge in [-0.05, 0) is 13.8 Å². The van der Waals surface area contributed by atoms with Gasteiger partial charge in [-0.1, -0.05) is 6.92 Å². The van der Waals surface area contributed by atoms with Crippen molar-refractivity contribution in [3.63, 3.8) is 0 Å². The Morgan fingerprint density at radius 3 is 2.20 bits per heavy atom. The second kappa shape index (κ2) is 3.12. The Labute approximate surface area is 61.2 Å². The molecule has 0 aromatic rings. The summed E-state index contributed by atoms with van der Waals surface area (Å²) in [5, 5.41) is 9.24. The molecule has 0 aliphatic heterocycles. The zero-order valence-electron chi connectivity index (χ0n) is 6.72. The summed E-state index contributed by atoms with van der Waals surface area (Å²) in [5.41, 5.74) is 4.32. The predicted octanol–water partition coefficient (Wildman–Crippen LogP) is 0.0637. The van der Waals surface area contributed by atoms with Gasteiger partial charge in [0.2, 0.25) is 0 Å². The highest BCUT2D eigenvalue weighted by molar-refractivity contribution is 5.84. The Balaban J connectivity index is 4.08. The predicted molar refractivity (Wildman–Crippen MR) is 39.6 cm³/mol. The molecule has 0 saturated heterocycles. The minimum absolute atomic E-state index is 0.104. The molecule has 0 heterocycles. The summed E-state index contributed by atoms with van der Waals surface area (Å²) >= 11 is 0. The third kappa shape index (κ3) is 2.45. The van der Waals surface area contributed by atoms with E-state index in [1.165, 1.54) is 13.8 Å². The van der Waals surface area contributed by atoms with E-state index in [4.69, 9.17) is 5.73 Å². The van der Waals surface area contributed by atoms with Crippen LogP contribution in [0.25, 0.3) is 0 Å². The number of nitrogens with two attached hydrogens (primary N) is 1. The van der Waals surface area contributed by atoms with Crippen molar-refractivity contribution in [3.05, 3.63) is 0 Å². The van der Waals surface area contributed by atoms with Gasteiger partial charge in [0, 0.05) is 6.42 Å². The summed E-state index contributed by atoms with van der Waals surface area (Å²) in [5.74, 6) is -0.104. The molecule has 0 rings (SSSR count). The lowest BCUT2D eigenvalue weighted by molar-refractivity contribution is -0.124. The highest BCUT2D eigenvalue weighted by Crippen LogP contribution is 2.07. The average molecular weight is 145 g/mol. The van der Waals surface area contributed by atoms with Crippen LogP contribution < -0.4 is 5.73 Å². The van der Waals surface area contributed by atoms with Crippen LogP contribution in [0.1, 0.15) is 27.2 Å². The van der Waals surface area contributed by atoms with E-state index >= 15 is 0 Å². The molecular weight excluding hydrogens is 130 g/mol. The second-order valence-electron chi connectivity index (χ2n) is 2.95. The molecule has 0 aliphatic rings. The molecule has 0 aliphatic carbocycles. The van der Waals surface area contributed by atoms with E-state index in [-0.39, 0.29) is 5.78 Å². The number of Topliss-reactive ketones (excluding diaryl/α,β-unsaturated/α-hetero) is 1. The minimum Gasteiger partial charge on any atom is -0.388 e. The molecule has 1 atom stereocenters. The number of hydrogen-bond acceptors (Lipinski definition) is 3. The van der Waals surface area contributed by atoms with Crippen LogP contribution in [0.2, 0.25) is 0 Å². The van der Waals surface area contributed by atoms with Gasteiger partial charge in [0.15, 0.2) is 5.78 Å². The molecule has 10 heavy (non-hydrogen) atoms. The molecule has 0 bridgehead atoms. The Morgan fingerprint density at radius 1 is 1.70 bits per heavy atom. The quantitative estimate of drug-likeness (QED) is 0.590. The molecule has 0 unspecified atom stereocenters. The van der Waals surface area contributed by atoms with E-state index in [0.29, 0.717) is 6.42 Å². The fourth-order valence-electron chi connectivity index (χ4n) is 0.614. The normalized spacial score (nSPS) is 14.9. The average Bonchev–Trinajstić information content (AvgIpc) is 1.83. The van der Waals surface area contributed by atoms with Crippen molar-refractivity contribution >= 4 is 5.78 Å². The summed E-state index contributed by atoms with van der Waals surface area (Å²) in [6.45, 7) is 4.80. The van der Waals surface area contributed by atoms with Gasteiger partial charge in [0.1, 0.15) is 0 Å². The Kier molecular flexibility index (Phi) is 2.99. The van der Waals surface area contributed by atoms with Crippen molar-refractivity contribution < 1.29 is 9.90 Å². The van der Waals surface area contributed by atoms with E-state index in [1.807, 2.05) is 0 Å². The Morgan fingerprint density at radius 2 is 2.10 bits per heavy atom. The molecule has 0 fully saturated rings. The lowest BCUT2D eigenvalue weighted by atomic mass is 9.95. The van der Waals surface area contributed by atoms with Crippen LogP contribution in [-0.2, 0) is 4.79 Å². The monoisotopic (exact) mass is 145 g/mol. The molecule has 60 valence electrons. The van der Waals surface area contributed by atoms with Crippen LogP contribution in [0.15, 0.2) is 0 Å². The van der Waals surface area contributed by atoms with Crippen LogP contribution >= 0.6 is 0 Å². The van der Waals surface area contributed by atoms with Gasteiger partial charge >= 0.3 is 0 Å². The van der Waals surface area contributed by atoms with Crippen molar-refractivity contribution in [3.8, 4) is 0 Å². The maximum absolute atomic E-state index is 10.9. The number of ketones is 1. The number of rotatable bonds is 3. The Bertz CT molecular complexity index is 126. The molecule has 0 radical (unpaired) electrons. The minimum atomic E-state index is -1.09. The maximum Gasteiger partial charge on any atom is 0.152 e. The van der Waals surface area contributed by atoms with Crippen molar-refractivity contribution in [2.24, 2.45) is 5.73 Å². The fraction of sp³-hybridized carbons (Fsp3) is 0.857. The summed E-state index contributed by atoms with van der Waals surface area (Å²) in [4.78, 5) is 10.9. The number of carbonyl (C=O) groups is 1. The molecule has 0 saturated carbocycles. The molecule has 3 heteroatoms. The fourth-order valence-corrected chi connectivity index (χ4v) is 0.614. The van der Waals surface area contributed by atoms with Gasteiger partial charge < -0.3 is 10.8 Å². The lowest BCUT2D eigenvalue weighted by Gasteiger charge is -2.23. The topological polar surface area (TPSA) is 63.3 Å². The van der Waals surface area contributed by atoms with Crippen LogP contribution in [-0.4, -0.2) is 22.5 Å². The van der Waals surface area contributed by atoms with E-state index in [0.717, 1.165) is 0 Å². The van der Waals surface area contributed by atoms with Crippen molar-refractivity contribution in [2.75, 3.05) is 0 Å². The molecule has 0 aromatic carbocycles. The lowest BCUT2D eigenvalue weighted by Crippen LogP contribution is -2.48. The summed E-state index contributed by atoms with van der Waals surface area (Å²) < 4.78 is 0. The first-order valence-electron chi connectivity index (χ1n) is 3.40. The molecule has 0 amide bonds. The zero-order chi connectivity index (χ0) is 8.36. The van der Waals surface area contributed by atoms with E-state index < -0.39 is 11.6 Å². The van der Waals surface area contributed by atoms with Gasteiger partial charge in [-0.3, -0.25) is 4.79 Å². The van der Waals surface area contributed by atoms with Gasteiger partial charge in [-0.2, -0.15) is 0 Å². The SMILES string of the molecule is CCC(=O)[C@H](N)C(C)(C)O. The first-order valence-corrected chi connectivity index (χ1v) is 3.40. The molecule has 0 spiro atoms. The third-order valence-electron chi connectivity index (χ3n) is 1.46. The van der Waals surface area contributed by atoms with Crippen molar-refractivity contribution in [2.45, 2.75) is 38.8 Å². The molecule has 3 N–H and O–H groups in total. The first-order chi connectivity index (χ1) is 4.39.